The molecule has 0 aliphatic heterocycles. The van der Waals surface area contributed by atoms with Crippen molar-refractivity contribution in [3.05, 3.63) is 0 Å². The van der Waals surface area contributed by atoms with Gasteiger partial charge in [0.2, 0.25) is 5.91 Å². The summed E-state index contributed by atoms with van der Waals surface area (Å²) in [5.74, 6) is -0.0172. The van der Waals surface area contributed by atoms with Crippen LogP contribution in [0, 0.1) is 11.3 Å². The maximum absolute atomic E-state index is 11.5. The van der Waals surface area contributed by atoms with Gasteiger partial charge in [-0.05, 0) is 27.7 Å². The zero-order chi connectivity index (χ0) is 11.1. The number of nitrogens with one attached hydrogen (secondary N) is 1. The summed E-state index contributed by atoms with van der Waals surface area (Å²) < 4.78 is 0. The van der Waals surface area contributed by atoms with Crippen molar-refractivity contribution in [1.29, 1.82) is 5.26 Å². The highest BCUT2D eigenvalue weighted by Crippen LogP contribution is 2.04. The fraction of sp³-hybridized carbons (Fsp3) is 0.800. The lowest BCUT2D eigenvalue weighted by Crippen LogP contribution is -2.48. The lowest BCUT2D eigenvalue weighted by molar-refractivity contribution is -0.126. The van der Waals surface area contributed by atoms with Gasteiger partial charge in [0.1, 0.15) is 0 Å². The third kappa shape index (κ3) is 3.75. The number of likely N-dealkylation sites (N-methyl/N-ethyl adjacent to an activating group) is 1. The van der Waals surface area contributed by atoms with E-state index in [1.807, 2.05) is 32.6 Å². The second kappa shape index (κ2) is 6.39. The van der Waals surface area contributed by atoms with Crippen molar-refractivity contribution < 1.29 is 4.79 Å². The molecule has 0 aromatic carbocycles. The summed E-state index contributed by atoms with van der Waals surface area (Å²) in [5.41, 5.74) is 0. The Kier molecular flexibility index (Phi) is 5.89. The summed E-state index contributed by atoms with van der Waals surface area (Å²) in [6.07, 6.45) is 0. The lowest BCUT2D eigenvalue weighted by atomic mass is 10.2. The lowest BCUT2D eigenvalue weighted by Gasteiger charge is -2.29. The SMILES string of the molecule is CCNC(=O)C(C)N(CC#N)C(C)C. The summed E-state index contributed by atoms with van der Waals surface area (Å²) in [4.78, 5) is 13.4. The van der Waals surface area contributed by atoms with Crippen LogP contribution in [-0.4, -0.2) is 36.0 Å². The molecule has 0 saturated carbocycles. The van der Waals surface area contributed by atoms with E-state index in [-0.39, 0.29) is 24.5 Å². The van der Waals surface area contributed by atoms with Gasteiger partial charge in [-0.15, -0.1) is 0 Å². The van der Waals surface area contributed by atoms with E-state index in [1.54, 1.807) is 0 Å². The minimum absolute atomic E-state index is 0.0172. The van der Waals surface area contributed by atoms with Crippen LogP contribution in [0.15, 0.2) is 0 Å². The van der Waals surface area contributed by atoms with Crippen molar-refractivity contribution in [3.63, 3.8) is 0 Å². The molecule has 0 aliphatic rings. The first-order valence-corrected chi connectivity index (χ1v) is 4.95. The smallest absolute Gasteiger partial charge is 0.237 e. The summed E-state index contributed by atoms with van der Waals surface area (Å²) in [6.45, 7) is 8.58. The largest absolute Gasteiger partial charge is 0.355 e. The first-order valence-electron chi connectivity index (χ1n) is 4.95. The molecule has 0 fully saturated rings. The van der Waals surface area contributed by atoms with E-state index >= 15 is 0 Å². The molecule has 0 saturated heterocycles. The Bertz CT molecular complexity index is 220. The van der Waals surface area contributed by atoms with Gasteiger partial charge < -0.3 is 5.32 Å². The average molecular weight is 197 g/mol. The fourth-order valence-electron chi connectivity index (χ4n) is 1.32. The van der Waals surface area contributed by atoms with E-state index in [0.717, 1.165) is 0 Å². The molecule has 0 radical (unpaired) electrons. The summed E-state index contributed by atoms with van der Waals surface area (Å²) in [7, 11) is 0. The minimum Gasteiger partial charge on any atom is -0.355 e. The van der Waals surface area contributed by atoms with Crippen LogP contribution in [0.1, 0.15) is 27.7 Å². The maximum atomic E-state index is 11.5. The van der Waals surface area contributed by atoms with Gasteiger partial charge in [0.15, 0.2) is 0 Å². The van der Waals surface area contributed by atoms with Crippen LogP contribution in [0.25, 0.3) is 0 Å². The van der Waals surface area contributed by atoms with E-state index in [2.05, 4.69) is 11.4 Å². The molecule has 0 heterocycles. The van der Waals surface area contributed by atoms with E-state index < -0.39 is 0 Å². The Morgan fingerprint density at radius 3 is 2.43 bits per heavy atom. The second-order valence-electron chi connectivity index (χ2n) is 3.49. The van der Waals surface area contributed by atoms with Gasteiger partial charge in [-0.25, -0.2) is 0 Å². The van der Waals surface area contributed by atoms with Crippen LogP contribution in [0.5, 0.6) is 0 Å². The van der Waals surface area contributed by atoms with Gasteiger partial charge in [-0.1, -0.05) is 0 Å². The Morgan fingerprint density at radius 1 is 1.50 bits per heavy atom. The zero-order valence-corrected chi connectivity index (χ0v) is 9.37. The molecule has 0 aliphatic carbocycles. The predicted octanol–water partition coefficient (Wildman–Crippen LogP) is 0.745. The number of hydrogen-bond acceptors (Lipinski definition) is 3. The van der Waals surface area contributed by atoms with Crippen molar-refractivity contribution in [2.75, 3.05) is 13.1 Å². The van der Waals surface area contributed by atoms with Crippen molar-refractivity contribution in [2.45, 2.75) is 39.8 Å². The van der Waals surface area contributed by atoms with E-state index in [1.165, 1.54) is 0 Å². The van der Waals surface area contributed by atoms with Crippen LogP contribution in [0.2, 0.25) is 0 Å². The maximum Gasteiger partial charge on any atom is 0.237 e. The molecule has 0 aromatic heterocycles. The Morgan fingerprint density at radius 2 is 2.07 bits per heavy atom. The number of nitrogens with zero attached hydrogens (tertiary/aromatic N) is 2. The molecule has 14 heavy (non-hydrogen) atoms. The van der Waals surface area contributed by atoms with Crippen molar-refractivity contribution in [3.8, 4) is 6.07 Å². The molecule has 4 heteroatoms. The summed E-state index contributed by atoms with van der Waals surface area (Å²) in [5, 5.41) is 11.4. The van der Waals surface area contributed by atoms with Crippen molar-refractivity contribution in [1.82, 2.24) is 10.2 Å². The average Bonchev–Trinajstić information content (AvgIpc) is 2.13. The number of rotatable bonds is 5. The normalized spacial score (nSPS) is 12.6. The molecule has 1 atom stereocenters. The van der Waals surface area contributed by atoms with Crippen LogP contribution < -0.4 is 5.32 Å². The third-order valence-electron chi connectivity index (χ3n) is 2.14. The zero-order valence-electron chi connectivity index (χ0n) is 9.37. The molecule has 0 bridgehead atoms. The third-order valence-corrected chi connectivity index (χ3v) is 2.14. The van der Waals surface area contributed by atoms with Gasteiger partial charge in [0, 0.05) is 12.6 Å². The number of nitriles is 1. The standard InChI is InChI=1S/C10H19N3O/c1-5-12-10(14)9(4)13(7-6-11)8(2)3/h8-9H,5,7H2,1-4H3,(H,12,14). The minimum atomic E-state index is -0.241. The number of carbonyl (C=O) groups excluding carboxylic acids is 1. The van der Waals surface area contributed by atoms with Crippen LogP contribution in [-0.2, 0) is 4.79 Å². The Hall–Kier alpha value is -1.08. The molecular formula is C10H19N3O. The number of amides is 1. The van der Waals surface area contributed by atoms with Gasteiger partial charge >= 0.3 is 0 Å². The van der Waals surface area contributed by atoms with Gasteiger partial charge in [0.25, 0.3) is 0 Å². The monoisotopic (exact) mass is 197 g/mol. The van der Waals surface area contributed by atoms with Gasteiger partial charge in [0.05, 0.1) is 18.7 Å². The highest BCUT2D eigenvalue weighted by atomic mass is 16.2. The van der Waals surface area contributed by atoms with Crippen LogP contribution >= 0.6 is 0 Å². The molecule has 0 spiro atoms. The Balaban J connectivity index is 4.36. The van der Waals surface area contributed by atoms with Gasteiger partial charge in [-0.2, -0.15) is 5.26 Å². The van der Waals surface area contributed by atoms with Gasteiger partial charge in [-0.3, -0.25) is 9.69 Å². The predicted molar refractivity (Wildman–Crippen MR) is 55.6 cm³/mol. The second-order valence-corrected chi connectivity index (χ2v) is 3.49. The Labute approximate surface area is 85.9 Å². The quantitative estimate of drug-likeness (QED) is 0.661. The molecule has 1 amide bonds. The molecular weight excluding hydrogens is 178 g/mol. The first kappa shape index (κ1) is 12.9. The van der Waals surface area contributed by atoms with Crippen molar-refractivity contribution >= 4 is 5.91 Å². The first-order chi connectivity index (χ1) is 6.54. The number of hydrogen-bond donors (Lipinski definition) is 1. The van der Waals surface area contributed by atoms with E-state index in [0.29, 0.717) is 6.54 Å². The highest BCUT2D eigenvalue weighted by molar-refractivity contribution is 5.81. The highest BCUT2D eigenvalue weighted by Gasteiger charge is 2.22. The van der Waals surface area contributed by atoms with Crippen molar-refractivity contribution in [2.24, 2.45) is 0 Å². The van der Waals surface area contributed by atoms with Crippen LogP contribution in [0.4, 0.5) is 0 Å². The molecule has 1 N–H and O–H groups in total. The summed E-state index contributed by atoms with van der Waals surface area (Å²) >= 11 is 0. The summed E-state index contributed by atoms with van der Waals surface area (Å²) in [6, 6.07) is 2.03. The molecule has 1 unspecified atom stereocenters. The molecule has 80 valence electrons. The topological polar surface area (TPSA) is 56.1 Å². The molecule has 0 rings (SSSR count). The molecule has 0 aromatic rings. The van der Waals surface area contributed by atoms with E-state index in [9.17, 15) is 4.79 Å². The van der Waals surface area contributed by atoms with E-state index in [4.69, 9.17) is 5.26 Å². The molecule has 4 nitrogen and oxygen atoms in total. The number of carbonyl (C=O) groups is 1. The fourth-order valence-corrected chi connectivity index (χ4v) is 1.32. The van der Waals surface area contributed by atoms with Crippen LogP contribution in [0.3, 0.4) is 0 Å².